The molecule has 380 valence electrons. The van der Waals surface area contributed by atoms with Gasteiger partial charge in [-0.3, -0.25) is 33.6 Å². The number of ketones is 1. The van der Waals surface area contributed by atoms with Gasteiger partial charge in [0, 0.05) is 32.1 Å². The summed E-state index contributed by atoms with van der Waals surface area (Å²) in [6.07, 6.45) is 14.9. The van der Waals surface area contributed by atoms with Gasteiger partial charge in [0.05, 0.1) is 13.5 Å². The van der Waals surface area contributed by atoms with E-state index < -0.39 is 96.9 Å². The fraction of sp³-hybridized carbons (Fsp3) is 0.833. The quantitative estimate of drug-likeness (QED) is 0.0277. The second-order valence-corrected chi connectivity index (χ2v) is 17.7. The highest BCUT2D eigenvalue weighted by atomic mass is 16.6. The van der Waals surface area contributed by atoms with E-state index in [1.807, 2.05) is 0 Å². The van der Waals surface area contributed by atoms with Gasteiger partial charge >= 0.3 is 11.9 Å². The topological polar surface area (TPSA) is 276 Å². The first kappa shape index (κ1) is 60.0. The van der Waals surface area contributed by atoms with Crippen LogP contribution >= 0.6 is 0 Å². The molecule has 1 rings (SSSR count). The summed E-state index contributed by atoms with van der Waals surface area (Å²) < 4.78 is 21.5. The molecular formula is C48H84N4O14. The molecule has 66 heavy (non-hydrogen) atoms. The highest BCUT2D eigenvalue weighted by Gasteiger charge is 2.47. The number of hydrogen-bond acceptors (Lipinski definition) is 14. The Morgan fingerprint density at radius 3 is 1.83 bits per heavy atom. The largest absolute Gasteiger partial charge is 0.469 e. The van der Waals surface area contributed by atoms with Gasteiger partial charge in [-0.1, -0.05) is 116 Å². The van der Waals surface area contributed by atoms with Crippen LogP contribution in [-0.2, 0) is 57.3 Å². The van der Waals surface area contributed by atoms with Gasteiger partial charge in [0.25, 0.3) is 0 Å². The van der Waals surface area contributed by atoms with Crippen molar-refractivity contribution in [2.45, 2.75) is 237 Å². The third kappa shape index (κ3) is 26.4. The van der Waals surface area contributed by atoms with Crippen LogP contribution in [0.15, 0.2) is 0 Å². The van der Waals surface area contributed by atoms with Crippen molar-refractivity contribution in [3.05, 3.63) is 0 Å². The summed E-state index contributed by atoms with van der Waals surface area (Å²) in [4.78, 5) is 98.9. The predicted octanol–water partition coefficient (Wildman–Crippen LogP) is 4.69. The molecule has 2 unspecified atom stereocenters. The van der Waals surface area contributed by atoms with Gasteiger partial charge in [-0.05, 0) is 39.5 Å². The molecule has 0 aliphatic carbocycles. The second kappa shape index (κ2) is 36.1. The summed E-state index contributed by atoms with van der Waals surface area (Å²) >= 11 is 0. The lowest BCUT2D eigenvalue weighted by atomic mass is 9.90. The summed E-state index contributed by atoms with van der Waals surface area (Å²) in [7, 11) is 1.17. The number of methoxy groups -OCH3 is 1. The third-order valence-corrected chi connectivity index (χ3v) is 12.0. The lowest BCUT2D eigenvalue weighted by molar-refractivity contribution is -0.267. The highest BCUT2D eigenvalue weighted by molar-refractivity contribution is 5.92. The molecule has 18 heteroatoms. The fourth-order valence-corrected chi connectivity index (χ4v) is 7.92. The van der Waals surface area contributed by atoms with Crippen molar-refractivity contribution < 1.29 is 67.5 Å². The third-order valence-electron chi connectivity index (χ3n) is 12.0. The van der Waals surface area contributed by atoms with Gasteiger partial charge in [0.1, 0.15) is 61.2 Å². The Morgan fingerprint density at radius 2 is 1.29 bits per heavy atom. The molecule has 0 radical (unpaired) electrons. The van der Waals surface area contributed by atoms with E-state index in [2.05, 4.69) is 27.6 Å². The Bertz CT molecular complexity index is 1450. The van der Waals surface area contributed by atoms with E-state index in [0.717, 1.165) is 83.3 Å². The van der Waals surface area contributed by atoms with Crippen LogP contribution in [0.25, 0.3) is 0 Å². The van der Waals surface area contributed by atoms with E-state index in [1.54, 1.807) is 0 Å². The minimum absolute atomic E-state index is 0.0133. The minimum atomic E-state index is -1.77. The molecule has 0 aromatic carbocycles. The van der Waals surface area contributed by atoms with Gasteiger partial charge in [-0.2, -0.15) is 0 Å². The van der Waals surface area contributed by atoms with Crippen molar-refractivity contribution in [3.8, 4) is 0 Å². The molecule has 0 spiro atoms. The lowest BCUT2D eigenvalue weighted by Crippen LogP contribution is -2.66. The zero-order valence-corrected chi connectivity index (χ0v) is 40.5. The number of rotatable bonds is 39. The van der Waals surface area contributed by atoms with Gasteiger partial charge in [0.2, 0.25) is 23.6 Å². The highest BCUT2D eigenvalue weighted by Crippen LogP contribution is 2.26. The van der Waals surface area contributed by atoms with Crippen LogP contribution in [0.3, 0.4) is 0 Å². The number of nitrogens with one attached hydrogen (secondary N) is 3. The second-order valence-electron chi connectivity index (χ2n) is 17.7. The molecule has 18 nitrogen and oxygen atoms in total. The summed E-state index contributed by atoms with van der Waals surface area (Å²) in [5.41, 5.74) is 5.37. The zero-order valence-electron chi connectivity index (χ0n) is 40.5. The van der Waals surface area contributed by atoms with Crippen molar-refractivity contribution in [1.29, 1.82) is 0 Å². The molecule has 1 aliphatic heterocycles. The lowest BCUT2D eigenvalue weighted by Gasteiger charge is -2.43. The maximum absolute atomic E-state index is 13.5. The first-order valence-electron chi connectivity index (χ1n) is 24.6. The van der Waals surface area contributed by atoms with E-state index in [0.29, 0.717) is 19.3 Å². The normalized spacial score (nSPS) is 20.0. The molecule has 9 atom stereocenters. The van der Waals surface area contributed by atoms with Crippen LogP contribution in [0, 0.1) is 5.92 Å². The number of aliphatic hydroxyl groups excluding tert-OH is 2. The van der Waals surface area contributed by atoms with Crippen LogP contribution in [0.1, 0.15) is 188 Å². The maximum Gasteiger partial charge on any atom is 0.306 e. The number of amides is 4. The molecule has 1 fully saturated rings. The van der Waals surface area contributed by atoms with Gasteiger partial charge in [0.15, 0.2) is 6.29 Å². The van der Waals surface area contributed by atoms with Crippen molar-refractivity contribution in [1.82, 2.24) is 16.0 Å². The Kier molecular flexibility index (Phi) is 32.8. The smallest absolute Gasteiger partial charge is 0.306 e. The first-order valence-corrected chi connectivity index (χ1v) is 24.6. The van der Waals surface area contributed by atoms with E-state index in [1.165, 1.54) is 72.8 Å². The molecule has 0 bridgehead atoms. The fourth-order valence-electron chi connectivity index (χ4n) is 7.92. The van der Waals surface area contributed by atoms with Crippen LogP contribution in [0.4, 0.5) is 0 Å². The van der Waals surface area contributed by atoms with Crippen molar-refractivity contribution in [2.24, 2.45) is 11.7 Å². The summed E-state index contributed by atoms with van der Waals surface area (Å²) in [5.74, 6) is -4.97. The standard InChI is InChI=1S/C48H84N4O14/c1-6-7-8-9-10-11-12-15-18-21-24-27-38(55)36(26-23-20-17-14-13-16-19-22-25-30-53)31-41(57)64-32-39-43(58)44(42(48(62)66-39)51-35(4)54)65-34(3)47(61)50-33(2)46(60)52-37(45(49)59)28-29-40(56)63-5/h30,33-34,36-37,39,42-44,48,58,62H,6-29,31-32H2,1-5H3,(H2,49,59)(H,50,61)(H,51,54)(H,52,60)/t33-,34?,36+,37+,39+,42+,43+,44-,48?/m0/s1. The van der Waals surface area contributed by atoms with Crippen LogP contribution < -0.4 is 21.7 Å². The average molecular weight is 941 g/mol. The number of aliphatic hydroxyl groups is 2. The predicted molar refractivity (Wildman–Crippen MR) is 246 cm³/mol. The van der Waals surface area contributed by atoms with E-state index >= 15 is 0 Å². The Balaban J connectivity index is 2.89. The number of aldehydes is 1. The number of Topliss-reactive ketones (excluding diaryl/α,β-unsaturated/α-hetero) is 1. The summed E-state index contributed by atoms with van der Waals surface area (Å²) in [5, 5.41) is 29.6. The first-order chi connectivity index (χ1) is 31.6. The van der Waals surface area contributed by atoms with Crippen LogP contribution in [0.2, 0.25) is 0 Å². The Hall–Kier alpha value is -4.00. The monoisotopic (exact) mass is 941 g/mol. The van der Waals surface area contributed by atoms with Crippen molar-refractivity contribution in [2.75, 3.05) is 13.7 Å². The molecule has 1 saturated heterocycles. The number of hydrogen-bond donors (Lipinski definition) is 6. The Labute approximate surface area is 392 Å². The van der Waals surface area contributed by atoms with Crippen molar-refractivity contribution >= 4 is 47.6 Å². The molecule has 0 aromatic rings. The number of unbranched alkanes of at least 4 members (excludes halogenated alkanes) is 18. The molecular weight excluding hydrogens is 857 g/mol. The van der Waals surface area contributed by atoms with Crippen molar-refractivity contribution in [3.63, 3.8) is 0 Å². The Morgan fingerprint density at radius 1 is 0.727 bits per heavy atom. The number of ether oxygens (including phenoxy) is 4. The van der Waals surface area contributed by atoms with Gasteiger partial charge in [-0.25, -0.2) is 0 Å². The molecule has 4 amide bonds. The van der Waals surface area contributed by atoms with E-state index in [9.17, 15) is 48.6 Å². The molecule has 0 saturated carbocycles. The van der Waals surface area contributed by atoms with Gasteiger partial charge in [-0.15, -0.1) is 0 Å². The summed E-state index contributed by atoms with van der Waals surface area (Å²) in [6, 6.07) is -3.82. The maximum atomic E-state index is 13.5. The number of carbonyl (C=O) groups is 8. The molecule has 7 N–H and O–H groups in total. The number of nitrogens with two attached hydrogens (primary N) is 1. The molecule has 0 aromatic heterocycles. The van der Waals surface area contributed by atoms with Crippen LogP contribution in [0.5, 0.6) is 0 Å². The molecule has 1 heterocycles. The SMILES string of the molecule is CCCCCCCCCCCCCC(=O)[C@H](CCCCCCCCCCC=O)CC(=O)OC[C@H]1OC(O)[C@H](NC(C)=O)[C@H](OC(C)C(=O)N[C@@H](C)C(=O)N[C@H](CCC(=O)OC)C(N)=O)[C@@H]1O. The van der Waals surface area contributed by atoms with Gasteiger partial charge < -0.3 is 55.6 Å². The minimum Gasteiger partial charge on any atom is -0.469 e. The number of primary amides is 1. The summed E-state index contributed by atoms with van der Waals surface area (Å²) in [6.45, 7) is 5.48. The molecule has 1 aliphatic rings. The zero-order chi connectivity index (χ0) is 49.3. The van der Waals surface area contributed by atoms with Crippen LogP contribution in [-0.4, -0.2) is 120 Å². The average Bonchev–Trinajstić information content (AvgIpc) is 3.28. The number of esters is 2. The van der Waals surface area contributed by atoms with E-state index in [4.69, 9.17) is 19.9 Å². The number of carbonyl (C=O) groups excluding carboxylic acids is 8. The van der Waals surface area contributed by atoms with E-state index in [-0.39, 0.29) is 25.0 Å².